The standard InChI is InChI=1S/C23H25NO2/c1-16-13-23(26-4)17(2)12-20(16)15-24-21-14-19(10-11-22(21)25-3)18-8-6-5-7-9-18/h5-14,24H,15H2,1-4H3. The van der Waals surface area contributed by atoms with Gasteiger partial charge in [-0.25, -0.2) is 0 Å². The molecule has 0 aliphatic rings. The van der Waals surface area contributed by atoms with Gasteiger partial charge in [0.05, 0.1) is 19.9 Å². The van der Waals surface area contributed by atoms with Crippen molar-refractivity contribution in [3.8, 4) is 22.6 Å². The SMILES string of the molecule is COc1cc(C)c(CNc2cc(-c3ccccc3)ccc2OC)cc1C. The summed E-state index contributed by atoms with van der Waals surface area (Å²) in [6, 6.07) is 20.9. The van der Waals surface area contributed by atoms with Crippen LogP contribution in [-0.4, -0.2) is 14.2 Å². The second kappa shape index (κ2) is 7.96. The molecule has 0 spiro atoms. The Balaban J connectivity index is 1.86. The van der Waals surface area contributed by atoms with Gasteiger partial charge < -0.3 is 14.8 Å². The van der Waals surface area contributed by atoms with E-state index < -0.39 is 0 Å². The predicted octanol–water partition coefficient (Wildman–Crippen LogP) is 5.60. The van der Waals surface area contributed by atoms with Crippen molar-refractivity contribution in [1.82, 2.24) is 0 Å². The molecule has 3 aromatic carbocycles. The fourth-order valence-electron chi connectivity index (χ4n) is 3.11. The molecule has 26 heavy (non-hydrogen) atoms. The molecule has 3 heteroatoms. The molecular formula is C23H25NO2. The van der Waals surface area contributed by atoms with Gasteiger partial charge in [-0.15, -0.1) is 0 Å². The number of rotatable bonds is 6. The van der Waals surface area contributed by atoms with E-state index in [2.05, 4.69) is 67.7 Å². The third kappa shape index (κ3) is 3.83. The van der Waals surface area contributed by atoms with Crippen LogP contribution in [0.3, 0.4) is 0 Å². The number of benzene rings is 3. The van der Waals surface area contributed by atoms with E-state index in [0.29, 0.717) is 0 Å². The number of methoxy groups -OCH3 is 2. The Bertz CT molecular complexity index is 888. The highest BCUT2D eigenvalue weighted by Crippen LogP contribution is 2.31. The molecule has 3 aromatic rings. The van der Waals surface area contributed by atoms with Crippen molar-refractivity contribution < 1.29 is 9.47 Å². The summed E-state index contributed by atoms with van der Waals surface area (Å²) in [6.07, 6.45) is 0. The monoisotopic (exact) mass is 347 g/mol. The van der Waals surface area contributed by atoms with Gasteiger partial charge in [0.15, 0.2) is 0 Å². The topological polar surface area (TPSA) is 30.5 Å². The number of aryl methyl sites for hydroxylation is 2. The lowest BCUT2D eigenvalue weighted by atomic mass is 10.0. The fourth-order valence-corrected chi connectivity index (χ4v) is 3.11. The first kappa shape index (κ1) is 17.9. The minimum atomic E-state index is 0.727. The van der Waals surface area contributed by atoms with Crippen molar-refractivity contribution in [3.05, 3.63) is 77.4 Å². The van der Waals surface area contributed by atoms with Gasteiger partial charge in [-0.1, -0.05) is 42.5 Å². The number of anilines is 1. The maximum absolute atomic E-state index is 5.53. The average Bonchev–Trinajstić information content (AvgIpc) is 2.68. The summed E-state index contributed by atoms with van der Waals surface area (Å²) in [6.45, 7) is 4.90. The first-order valence-electron chi connectivity index (χ1n) is 8.74. The molecule has 0 aliphatic heterocycles. The van der Waals surface area contributed by atoms with Gasteiger partial charge in [0.2, 0.25) is 0 Å². The number of ether oxygens (including phenoxy) is 2. The van der Waals surface area contributed by atoms with Gasteiger partial charge in [0.25, 0.3) is 0 Å². The highest BCUT2D eigenvalue weighted by Gasteiger charge is 2.08. The Labute approximate surface area is 155 Å². The molecule has 0 aliphatic carbocycles. The lowest BCUT2D eigenvalue weighted by Gasteiger charge is -2.16. The van der Waals surface area contributed by atoms with Crippen LogP contribution < -0.4 is 14.8 Å². The smallest absolute Gasteiger partial charge is 0.141 e. The zero-order valence-electron chi connectivity index (χ0n) is 15.8. The first-order chi connectivity index (χ1) is 12.6. The van der Waals surface area contributed by atoms with Crippen molar-refractivity contribution in [3.63, 3.8) is 0 Å². The molecule has 0 fully saturated rings. The number of hydrogen-bond acceptors (Lipinski definition) is 3. The largest absolute Gasteiger partial charge is 0.496 e. The number of nitrogens with one attached hydrogen (secondary N) is 1. The van der Waals surface area contributed by atoms with Gasteiger partial charge in [0.1, 0.15) is 11.5 Å². The van der Waals surface area contributed by atoms with Gasteiger partial charge in [-0.05, 0) is 59.9 Å². The third-order valence-corrected chi connectivity index (χ3v) is 4.63. The normalized spacial score (nSPS) is 10.5. The molecule has 3 nitrogen and oxygen atoms in total. The summed E-state index contributed by atoms with van der Waals surface area (Å²) >= 11 is 0. The summed E-state index contributed by atoms with van der Waals surface area (Å²) in [5, 5.41) is 3.53. The van der Waals surface area contributed by atoms with Crippen LogP contribution in [0.5, 0.6) is 11.5 Å². The van der Waals surface area contributed by atoms with E-state index in [1.165, 1.54) is 16.7 Å². The lowest BCUT2D eigenvalue weighted by molar-refractivity contribution is 0.411. The molecule has 134 valence electrons. The Kier molecular flexibility index (Phi) is 5.47. The van der Waals surface area contributed by atoms with Crippen molar-refractivity contribution in [1.29, 1.82) is 0 Å². The molecule has 0 saturated heterocycles. The van der Waals surface area contributed by atoms with E-state index in [1.54, 1.807) is 14.2 Å². The van der Waals surface area contributed by atoms with Crippen LogP contribution >= 0.6 is 0 Å². The summed E-state index contributed by atoms with van der Waals surface area (Å²) in [4.78, 5) is 0. The van der Waals surface area contributed by atoms with Gasteiger partial charge in [0, 0.05) is 6.54 Å². The van der Waals surface area contributed by atoms with E-state index in [4.69, 9.17) is 9.47 Å². The van der Waals surface area contributed by atoms with Crippen molar-refractivity contribution in [2.24, 2.45) is 0 Å². The highest BCUT2D eigenvalue weighted by molar-refractivity contribution is 5.72. The van der Waals surface area contributed by atoms with Crippen LogP contribution in [0, 0.1) is 13.8 Å². The molecule has 0 heterocycles. The summed E-state index contributed by atoms with van der Waals surface area (Å²) in [5.74, 6) is 1.77. The highest BCUT2D eigenvalue weighted by atomic mass is 16.5. The lowest BCUT2D eigenvalue weighted by Crippen LogP contribution is -2.04. The summed E-state index contributed by atoms with van der Waals surface area (Å²) in [7, 11) is 3.41. The van der Waals surface area contributed by atoms with Crippen molar-refractivity contribution in [2.75, 3.05) is 19.5 Å². The quantitative estimate of drug-likeness (QED) is 0.629. The van der Waals surface area contributed by atoms with Crippen LogP contribution in [0.1, 0.15) is 16.7 Å². The Morgan fingerprint density at radius 2 is 1.46 bits per heavy atom. The van der Waals surface area contributed by atoms with E-state index in [9.17, 15) is 0 Å². The van der Waals surface area contributed by atoms with E-state index in [-0.39, 0.29) is 0 Å². The Morgan fingerprint density at radius 1 is 0.731 bits per heavy atom. The van der Waals surface area contributed by atoms with Crippen LogP contribution in [-0.2, 0) is 6.54 Å². The zero-order chi connectivity index (χ0) is 18.5. The van der Waals surface area contributed by atoms with Crippen molar-refractivity contribution in [2.45, 2.75) is 20.4 Å². The first-order valence-corrected chi connectivity index (χ1v) is 8.74. The maximum atomic E-state index is 5.53. The van der Waals surface area contributed by atoms with Gasteiger partial charge in [-0.2, -0.15) is 0 Å². The molecule has 0 amide bonds. The fraction of sp³-hybridized carbons (Fsp3) is 0.217. The predicted molar refractivity (Wildman–Crippen MR) is 108 cm³/mol. The van der Waals surface area contributed by atoms with E-state index in [1.807, 2.05) is 12.1 Å². The molecule has 0 aromatic heterocycles. The minimum absolute atomic E-state index is 0.727. The second-order valence-corrected chi connectivity index (χ2v) is 6.38. The third-order valence-electron chi connectivity index (χ3n) is 4.63. The molecule has 0 unspecified atom stereocenters. The number of hydrogen-bond donors (Lipinski definition) is 1. The van der Waals surface area contributed by atoms with Crippen molar-refractivity contribution >= 4 is 5.69 Å². The van der Waals surface area contributed by atoms with Crippen LogP contribution in [0.25, 0.3) is 11.1 Å². The second-order valence-electron chi connectivity index (χ2n) is 6.38. The molecular weight excluding hydrogens is 322 g/mol. The average molecular weight is 347 g/mol. The molecule has 0 atom stereocenters. The van der Waals surface area contributed by atoms with Crippen LogP contribution in [0.15, 0.2) is 60.7 Å². The molecule has 0 radical (unpaired) electrons. The van der Waals surface area contributed by atoms with E-state index in [0.717, 1.165) is 34.9 Å². The Morgan fingerprint density at radius 3 is 2.15 bits per heavy atom. The van der Waals surface area contributed by atoms with Crippen LogP contribution in [0.2, 0.25) is 0 Å². The summed E-state index contributed by atoms with van der Waals surface area (Å²) < 4.78 is 10.9. The van der Waals surface area contributed by atoms with Gasteiger partial charge in [-0.3, -0.25) is 0 Å². The Hall–Kier alpha value is -2.94. The minimum Gasteiger partial charge on any atom is -0.496 e. The maximum Gasteiger partial charge on any atom is 0.141 e. The molecule has 3 rings (SSSR count). The molecule has 0 bridgehead atoms. The molecule has 0 saturated carbocycles. The van der Waals surface area contributed by atoms with Gasteiger partial charge >= 0.3 is 0 Å². The zero-order valence-corrected chi connectivity index (χ0v) is 15.8. The van der Waals surface area contributed by atoms with Crippen LogP contribution in [0.4, 0.5) is 5.69 Å². The summed E-state index contributed by atoms with van der Waals surface area (Å²) in [5.41, 5.74) is 6.93. The van der Waals surface area contributed by atoms with E-state index >= 15 is 0 Å². The molecule has 1 N–H and O–H groups in total.